The summed E-state index contributed by atoms with van der Waals surface area (Å²) in [6, 6.07) is 7.99. The van der Waals surface area contributed by atoms with Crippen molar-refractivity contribution >= 4 is 66.7 Å². The third kappa shape index (κ3) is 5.24. The molecule has 1 aliphatic heterocycles. The molecule has 5 nitrogen and oxygen atoms in total. The number of benzene rings is 3. The van der Waals surface area contributed by atoms with Gasteiger partial charge in [0.1, 0.15) is 10.6 Å². The lowest BCUT2D eigenvalue weighted by Crippen LogP contribution is -2.53. The standard InChI is InChI=1S/C30H21F8I2NO4S/c1-15(42)25-22(31)13-17(14-23(25)40)26(43)41-11-10-27(46(44,45)20-6-4-19(39)5-7-20)21-8-3-18(12-16(21)2-9-24(27)41)28(32,29(33,34)35)30(36,37)38/h3-8,12-14,24H,2,9-11H2,1H3/t24-,27-/m1/s1. The fraction of sp³-hybridized carbons (Fsp3) is 0.333. The normalized spacial score (nSPS) is 20.3. The van der Waals surface area contributed by atoms with Gasteiger partial charge < -0.3 is 4.90 Å². The zero-order valence-electron chi connectivity index (χ0n) is 23.4. The van der Waals surface area contributed by atoms with Gasteiger partial charge in [-0.05, 0) is 119 Å². The molecule has 1 saturated heterocycles. The fourth-order valence-electron chi connectivity index (χ4n) is 6.50. The van der Waals surface area contributed by atoms with E-state index in [4.69, 9.17) is 0 Å². The van der Waals surface area contributed by atoms with E-state index < -0.39 is 61.7 Å². The minimum absolute atomic E-state index is 0.135. The van der Waals surface area contributed by atoms with E-state index in [2.05, 4.69) is 0 Å². The Morgan fingerprint density at radius 3 is 2.07 bits per heavy atom. The SMILES string of the molecule is CC(=O)c1c(F)cc(C(=O)N2CC[C@@]3(S(=O)(=O)c4ccc(I)cc4)c4ccc(C(F)(C(F)(F)F)C(F)(F)F)cc4CC[C@@H]23)cc1I. The lowest BCUT2D eigenvalue weighted by Gasteiger charge is -2.43. The first-order chi connectivity index (χ1) is 21.2. The summed E-state index contributed by atoms with van der Waals surface area (Å²) in [5.41, 5.74) is -8.28. The monoisotopic (exact) mass is 897 g/mol. The van der Waals surface area contributed by atoms with E-state index in [1.807, 2.05) is 22.6 Å². The second-order valence-electron chi connectivity index (χ2n) is 11.0. The van der Waals surface area contributed by atoms with Gasteiger partial charge in [-0.15, -0.1) is 0 Å². The summed E-state index contributed by atoms with van der Waals surface area (Å²) in [6.07, 6.45) is -13.6. The summed E-state index contributed by atoms with van der Waals surface area (Å²) in [5.74, 6) is -2.33. The Kier molecular flexibility index (Phi) is 8.87. The summed E-state index contributed by atoms with van der Waals surface area (Å²) in [7, 11) is -4.53. The molecule has 0 bridgehead atoms. The summed E-state index contributed by atoms with van der Waals surface area (Å²) in [4.78, 5) is 26.7. The molecule has 3 aromatic rings. The molecule has 0 N–H and O–H groups in total. The number of carbonyl (C=O) groups is 2. The number of carbonyl (C=O) groups excluding carboxylic acids is 2. The Balaban J connectivity index is 1.70. The van der Waals surface area contributed by atoms with E-state index in [9.17, 15) is 48.7 Å². The second kappa shape index (κ2) is 11.7. The maximum absolute atomic E-state index is 15.0. The molecule has 3 aromatic carbocycles. The lowest BCUT2D eigenvalue weighted by molar-refractivity contribution is -0.348. The van der Waals surface area contributed by atoms with E-state index in [-0.39, 0.29) is 62.6 Å². The number of rotatable bonds is 5. The first-order valence-corrected chi connectivity index (χ1v) is 17.1. The molecule has 0 aromatic heterocycles. The summed E-state index contributed by atoms with van der Waals surface area (Å²) in [6.45, 7) is 0.923. The second-order valence-corrected chi connectivity index (χ2v) is 15.7. The number of hydrogen-bond acceptors (Lipinski definition) is 4. The first-order valence-electron chi connectivity index (χ1n) is 13.5. The summed E-state index contributed by atoms with van der Waals surface area (Å²) < 4.78 is 139. The predicted octanol–water partition coefficient (Wildman–Crippen LogP) is 8.06. The van der Waals surface area contributed by atoms with Crippen LogP contribution in [-0.2, 0) is 26.7 Å². The fourth-order valence-corrected chi connectivity index (χ4v) is 10.2. The van der Waals surface area contributed by atoms with Crippen LogP contribution < -0.4 is 0 Å². The quantitative estimate of drug-likeness (QED) is 0.148. The van der Waals surface area contributed by atoms with Crippen molar-refractivity contribution in [2.45, 2.75) is 59.9 Å². The Bertz CT molecular complexity index is 1820. The maximum atomic E-state index is 15.0. The minimum Gasteiger partial charge on any atom is -0.334 e. The molecule has 0 unspecified atom stereocenters. The molecule has 0 spiro atoms. The van der Waals surface area contributed by atoms with Gasteiger partial charge in [-0.25, -0.2) is 17.2 Å². The van der Waals surface area contributed by atoms with E-state index in [0.717, 1.165) is 19.1 Å². The Hall–Kier alpha value is -2.35. The Morgan fingerprint density at radius 1 is 0.913 bits per heavy atom. The molecule has 0 radical (unpaired) electrons. The van der Waals surface area contributed by atoms with Crippen LogP contribution in [0.1, 0.15) is 57.2 Å². The number of sulfone groups is 1. The first kappa shape index (κ1) is 35.0. The molecule has 0 saturated carbocycles. The Labute approximate surface area is 284 Å². The van der Waals surface area contributed by atoms with Gasteiger partial charge in [0.25, 0.3) is 5.91 Å². The molecule has 1 heterocycles. The maximum Gasteiger partial charge on any atom is 0.435 e. The molecule has 246 valence electrons. The molecular formula is C30H21F8I2NO4S. The van der Waals surface area contributed by atoms with Gasteiger partial charge in [-0.1, -0.05) is 18.2 Å². The number of aryl methyl sites for hydroxylation is 1. The van der Waals surface area contributed by atoms with Gasteiger partial charge in [0.05, 0.1) is 16.5 Å². The number of likely N-dealkylation sites (tertiary alicyclic amines) is 1. The van der Waals surface area contributed by atoms with Crippen LogP contribution in [0.4, 0.5) is 35.1 Å². The highest BCUT2D eigenvalue weighted by Gasteiger charge is 2.74. The van der Waals surface area contributed by atoms with Crippen molar-refractivity contribution in [3.63, 3.8) is 0 Å². The van der Waals surface area contributed by atoms with E-state index in [1.54, 1.807) is 22.6 Å². The smallest absolute Gasteiger partial charge is 0.334 e. The van der Waals surface area contributed by atoms with Crippen molar-refractivity contribution in [1.82, 2.24) is 4.90 Å². The zero-order chi connectivity index (χ0) is 34.2. The van der Waals surface area contributed by atoms with Gasteiger partial charge in [-0.3, -0.25) is 9.59 Å². The van der Waals surface area contributed by atoms with Gasteiger partial charge in [0.2, 0.25) is 0 Å². The van der Waals surface area contributed by atoms with Crippen LogP contribution >= 0.6 is 45.2 Å². The van der Waals surface area contributed by atoms with Gasteiger partial charge in [-0.2, -0.15) is 26.3 Å². The highest BCUT2D eigenvalue weighted by molar-refractivity contribution is 14.1. The molecule has 2 atom stereocenters. The highest BCUT2D eigenvalue weighted by Crippen LogP contribution is 2.57. The number of fused-ring (bicyclic) bond motifs is 3. The molecule has 1 amide bonds. The molecular weight excluding hydrogens is 876 g/mol. The molecule has 1 fully saturated rings. The van der Waals surface area contributed by atoms with Crippen LogP contribution in [0.25, 0.3) is 0 Å². The van der Waals surface area contributed by atoms with Crippen LogP contribution in [0.15, 0.2) is 59.5 Å². The van der Waals surface area contributed by atoms with E-state index in [0.29, 0.717) is 9.64 Å². The number of nitrogens with zero attached hydrogens (tertiary/aromatic N) is 1. The predicted molar refractivity (Wildman–Crippen MR) is 166 cm³/mol. The van der Waals surface area contributed by atoms with Crippen molar-refractivity contribution in [2.75, 3.05) is 6.54 Å². The topological polar surface area (TPSA) is 71.5 Å². The van der Waals surface area contributed by atoms with Gasteiger partial charge in [0.15, 0.2) is 15.6 Å². The van der Waals surface area contributed by atoms with Crippen LogP contribution in [-0.4, -0.2) is 49.9 Å². The average molecular weight is 897 g/mol. The molecule has 2 aliphatic rings. The third-order valence-corrected chi connectivity index (χ3v) is 12.7. The lowest BCUT2D eigenvalue weighted by atomic mass is 9.76. The summed E-state index contributed by atoms with van der Waals surface area (Å²) >= 11 is 3.63. The number of alkyl halides is 7. The zero-order valence-corrected chi connectivity index (χ0v) is 28.5. The summed E-state index contributed by atoms with van der Waals surface area (Å²) in [5, 5.41) is 0. The van der Waals surface area contributed by atoms with Crippen molar-refractivity contribution in [2.24, 2.45) is 0 Å². The average Bonchev–Trinajstić information content (AvgIpc) is 3.36. The van der Waals surface area contributed by atoms with Crippen LogP contribution in [0, 0.1) is 13.0 Å². The molecule has 46 heavy (non-hydrogen) atoms. The van der Waals surface area contributed by atoms with Crippen LogP contribution in [0.2, 0.25) is 0 Å². The number of hydrogen-bond donors (Lipinski definition) is 0. The molecule has 1 aliphatic carbocycles. The van der Waals surface area contributed by atoms with Crippen LogP contribution in [0.5, 0.6) is 0 Å². The number of halogens is 10. The van der Waals surface area contributed by atoms with Crippen LogP contribution in [0.3, 0.4) is 0 Å². The number of ketones is 1. The third-order valence-electron chi connectivity index (χ3n) is 8.57. The van der Waals surface area contributed by atoms with E-state index >= 15 is 4.39 Å². The number of amides is 1. The van der Waals surface area contributed by atoms with E-state index in [1.165, 1.54) is 35.2 Å². The van der Waals surface area contributed by atoms with Crippen molar-refractivity contribution in [1.29, 1.82) is 0 Å². The highest BCUT2D eigenvalue weighted by atomic mass is 127. The van der Waals surface area contributed by atoms with Gasteiger partial charge >= 0.3 is 18.0 Å². The largest absolute Gasteiger partial charge is 0.435 e. The molecule has 16 heteroatoms. The van der Waals surface area contributed by atoms with Gasteiger partial charge in [0, 0.05) is 24.8 Å². The van der Waals surface area contributed by atoms with Crippen molar-refractivity contribution < 1.29 is 53.1 Å². The minimum atomic E-state index is -6.37. The molecule has 5 rings (SSSR count). The van der Waals surface area contributed by atoms with Crippen molar-refractivity contribution in [3.8, 4) is 0 Å². The van der Waals surface area contributed by atoms with Crippen molar-refractivity contribution in [3.05, 3.63) is 95.4 Å². The number of Topliss-reactive ketones (excluding diaryl/α,β-unsaturated/α-hetero) is 1. The Morgan fingerprint density at radius 2 is 1.52 bits per heavy atom.